The van der Waals surface area contributed by atoms with Crippen molar-refractivity contribution in [3.05, 3.63) is 0 Å². The second kappa shape index (κ2) is 5.44. The van der Waals surface area contributed by atoms with Gasteiger partial charge in [0.05, 0.1) is 6.10 Å². The van der Waals surface area contributed by atoms with Gasteiger partial charge in [0.2, 0.25) is 0 Å². The quantitative estimate of drug-likeness (QED) is 0.519. The van der Waals surface area contributed by atoms with Gasteiger partial charge in [-0.3, -0.25) is 4.79 Å². The number of carbonyl (C=O) groups is 1. The Hall–Kier alpha value is -1.12. The molecule has 0 aromatic rings. The topological polar surface area (TPSA) is 90.6 Å². The Morgan fingerprint density at radius 2 is 1.88 bits per heavy atom. The Bertz CT molecular complexity index is 630. The highest BCUT2D eigenvalue weighted by Crippen LogP contribution is 2.64. The van der Waals surface area contributed by atoms with E-state index in [9.17, 15) is 20.3 Å². The molecule has 5 heteroatoms. The molecule has 3 aliphatic carbocycles. The van der Waals surface area contributed by atoms with Crippen molar-refractivity contribution in [3.8, 4) is 6.07 Å². The highest BCUT2D eigenvalue weighted by atomic mass is 16.6. The zero-order valence-corrected chi connectivity index (χ0v) is 15.2. The molecule has 1 aliphatic heterocycles. The average molecular weight is 347 g/mol. The highest BCUT2D eigenvalue weighted by Gasteiger charge is 2.64. The van der Waals surface area contributed by atoms with Crippen LogP contribution in [0.25, 0.3) is 0 Å². The summed E-state index contributed by atoms with van der Waals surface area (Å²) in [6, 6.07) is 2.06. The summed E-state index contributed by atoms with van der Waals surface area (Å²) in [6.45, 7) is 4.32. The Morgan fingerprint density at radius 1 is 1.12 bits per heavy atom. The molecule has 1 saturated heterocycles. The number of esters is 1. The summed E-state index contributed by atoms with van der Waals surface area (Å²) in [7, 11) is 0. The standard InChI is InChI=1S/C20H29NO4/c1-18-9-8-16(22)20(24,11-21)15(18)5-3-12-13(18)7-10-19(2)14(12)4-6-17(23)25-19/h12-16,22,24H,3-10H2,1-2H3/t12-,13+,14+,15-,16-,18-,19+,20?/m1/s1. The van der Waals surface area contributed by atoms with Crippen molar-refractivity contribution >= 4 is 5.97 Å². The van der Waals surface area contributed by atoms with E-state index in [1.807, 2.05) is 0 Å². The molecule has 4 rings (SSSR count). The highest BCUT2D eigenvalue weighted by molar-refractivity contribution is 5.70. The molecular formula is C20H29NO4. The van der Waals surface area contributed by atoms with Gasteiger partial charge in [0.1, 0.15) is 11.7 Å². The zero-order valence-electron chi connectivity index (χ0n) is 15.2. The van der Waals surface area contributed by atoms with Gasteiger partial charge in [-0.25, -0.2) is 0 Å². The molecule has 3 saturated carbocycles. The van der Waals surface area contributed by atoms with E-state index in [1.165, 1.54) is 0 Å². The van der Waals surface area contributed by atoms with Gasteiger partial charge in [0.25, 0.3) is 0 Å². The van der Waals surface area contributed by atoms with E-state index < -0.39 is 11.7 Å². The molecule has 8 atom stereocenters. The van der Waals surface area contributed by atoms with Crippen LogP contribution < -0.4 is 0 Å². The molecule has 2 N–H and O–H groups in total. The fraction of sp³-hybridized carbons (Fsp3) is 0.900. The van der Waals surface area contributed by atoms with Gasteiger partial charge in [0.15, 0.2) is 5.60 Å². The minimum Gasteiger partial charge on any atom is -0.459 e. The third-order valence-corrected chi connectivity index (χ3v) is 8.38. The van der Waals surface area contributed by atoms with Crippen LogP contribution in [0.1, 0.15) is 65.2 Å². The fourth-order valence-electron chi connectivity index (χ4n) is 7.11. The molecule has 0 aromatic carbocycles. The van der Waals surface area contributed by atoms with Gasteiger partial charge >= 0.3 is 5.97 Å². The van der Waals surface area contributed by atoms with Crippen LogP contribution in [0.15, 0.2) is 0 Å². The van der Waals surface area contributed by atoms with E-state index in [1.54, 1.807) is 0 Å². The maximum atomic E-state index is 11.8. The zero-order chi connectivity index (χ0) is 18.0. The van der Waals surface area contributed by atoms with Gasteiger partial charge in [-0.05, 0) is 69.1 Å². The monoisotopic (exact) mass is 347 g/mol. The van der Waals surface area contributed by atoms with E-state index in [0.717, 1.165) is 38.5 Å². The molecule has 0 amide bonds. The summed E-state index contributed by atoms with van der Waals surface area (Å²) < 4.78 is 5.79. The number of aliphatic hydroxyl groups excluding tert-OH is 1. The van der Waals surface area contributed by atoms with Crippen molar-refractivity contribution in [2.75, 3.05) is 0 Å². The second-order valence-corrected chi connectivity index (χ2v) is 9.37. The first-order valence-corrected chi connectivity index (χ1v) is 9.78. The number of aliphatic hydroxyl groups is 2. The van der Waals surface area contributed by atoms with Crippen molar-refractivity contribution in [1.29, 1.82) is 5.26 Å². The van der Waals surface area contributed by atoms with Crippen LogP contribution in [-0.2, 0) is 9.53 Å². The Kier molecular flexibility index (Phi) is 3.76. The lowest BCUT2D eigenvalue weighted by molar-refractivity contribution is -0.225. The smallest absolute Gasteiger partial charge is 0.306 e. The lowest BCUT2D eigenvalue weighted by Gasteiger charge is -2.63. The van der Waals surface area contributed by atoms with E-state index >= 15 is 0 Å². The van der Waals surface area contributed by atoms with Crippen LogP contribution in [0.3, 0.4) is 0 Å². The fourth-order valence-corrected chi connectivity index (χ4v) is 7.11. The second-order valence-electron chi connectivity index (χ2n) is 9.37. The summed E-state index contributed by atoms with van der Waals surface area (Å²) in [6.07, 6.45) is 5.32. The Balaban J connectivity index is 1.67. The van der Waals surface area contributed by atoms with Crippen molar-refractivity contribution in [2.45, 2.75) is 82.5 Å². The van der Waals surface area contributed by atoms with Crippen molar-refractivity contribution in [3.63, 3.8) is 0 Å². The summed E-state index contributed by atoms with van der Waals surface area (Å²) in [5.74, 6) is 1.03. The Morgan fingerprint density at radius 3 is 2.60 bits per heavy atom. The van der Waals surface area contributed by atoms with Crippen LogP contribution >= 0.6 is 0 Å². The number of rotatable bonds is 0. The van der Waals surface area contributed by atoms with Crippen molar-refractivity contribution < 1.29 is 19.7 Å². The van der Waals surface area contributed by atoms with E-state index in [0.29, 0.717) is 30.6 Å². The number of fused-ring (bicyclic) bond motifs is 5. The van der Waals surface area contributed by atoms with Gasteiger partial charge in [-0.2, -0.15) is 5.26 Å². The number of ether oxygens (including phenoxy) is 1. The van der Waals surface area contributed by atoms with E-state index in [-0.39, 0.29) is 22.9 Å². The molecular weight excluding hydrogens is 318 g/mol. The van der Waals surface area contributed by atoms with Crippen molar-refractivity contribution in [1.82, 2.24) is 0 Å². The number of hydrogen-bond donors (Lipinski definition) is 2. The van der Waals surface area contributed by atoms with Crippen LogP contribution in [0.2, 0.25) is 0 Å². The first-order valence-electron chi connectivity index (χ1n) is 9.78. The van der Waals surface area contributed by atoms with Crippen LogP contribution in [0, 0.1) is 40.4 Å². The molecule has 5 nitrogen and oxygen atoms in total. The first kappa shape index (κ1) is 17.3. The average Bonchev–Trinajstić information content (AvgIpc) is 2.57. The molecule has 0 radical (unpaired) electrons. The summed E-state index contributed by atoms with van der Waals surface area (Å²) in [4.78, 5) is 11.8. The molecule has 4 fully saturated rings. The molecule has 1 unspecified atom stereocenters. The normalized spacial score (nSPS) is 55.2. The third-order valence-electron chi connectivity index (χ3n) is 8.38. The number of nitrogens with zero attached hydrogens (tertiary/aromatic N) is 1. The van der Waals surface area contributed by atoms with Gasteiger partial charge in [-0.15, -0.1) is 0 Å². The molecule has 0 aromatic heterocycles. The minimum atomic E-state index is -1.63. The Labute approximate surface area is 149 Å². The third kappa shape index (κ3) is 2.23. The molecule has 4 aliphatic rings. The lowest BCUT2D eigenvalue weighted by atomic mass is 9.43. The predicted molar refractivity (Wildman–Crippen MR) is 90.1 cm³/mol. The molecule has 0 bridgehead atoms. The number of carbonyl (C=O) groups excluding carboxylic acids is 1. The summed E-state index contributed by atoms with van der Waals surface area (Å²) >= 11 is 0. The van der Waals surface area contributed by atoms with Gasteiger partial charge in [-0.1, -0.05) is 6.92 Å². The van der Waals surface area contributed by atoms with Crippen LogP contribution in [-0.4, -0.2) is 33.5 Å². The molecule has 0 spiro atoms. The largest absolute Gasteiger partial charge is 0.459 e. The van der Waals surface area contributed by atoms with E-state index in [4.69, 9.17) is 4.74 Å². The molecule has 1 heterocycles. The first-order chi connectivity index (χ1) is 11.7. The van der Waals surface area contributed by atoms with Gasteiger partial charge < -0.3 is 14.9 Å². The molecule has 25 heavy (non-hydrogen) atoms. The van der Waals surface area contributed by atoms with E-state index in [2.05, 4.69) is 19.9 Å². The maximum Gasteiger partial charge on any atom is 0.306 e. The summed E-state index contributed by atoms with van der Waals surface area (Å²) in [5.41, 5.74) is -2.10. The molecule has 138 valence electrons. The number of nitriles is 1. The van der Waals surface area contributed by atoms with Crippen molar-refractivity contribution in [2.24, 2.45) is 29.1 Å². The van der Waals surface area contributed by atoms with Gasteiger partial charge in [0, 0.05) is 18.3 Å². The number of hydrogen-bond acceptors (Lipinski definition) is 5. The summed E-state index contributed by atoms with van der Waals surface area (Å²) in [5, 5.41) is 30.9. The maximum absolute atomic E-state index is 11.8. The SMILES string of the molecule is C[C@]12CC[C@@H](O)C(O)(C#N)[C@@H]1CC[C@@H]1[C@@H]2CC[C@]2(C)OC(=O)CC[C@@H]12. The lowest BCUT2D eigenvalue weighted by Crippen LogP contribution is -2.65. The van der Waals surface area contributed by atoms with Crippen LogP contribution in [0.4, 0.5) is 0 Å². The predicted octanol–water partition coefficient (Wildman–Crippen LogP) is 2.55. The van der Waals surface area contributed by atoms with Crippen LogP contribution in [0.5, 0.6) is 0 Å². The minimum absolute atomic E-state index is 0.0725.